The molecular formula is C22H24ClFN4O2. The molecule has 1 aliphatic heterocycles. The largest absolute Gasteiger partial charge is 0.384 e. The van der Waals surface area contributed by atoms with Gasteiger partial charge in [-0.15, -0.1) is 0 Å². The summed E-state index contributed by atoms with van der Waals surface area (Å²) >= 11 is 6.47. The molecule has 1 aromatic heterocycles. The fourth-order valence-corrected chi connectivity index (χ4v) is 4.00. The van der Waals surface area contributed by atoms with Crippen molar-refractivity contribution in [2.75, 3.05) is 0 Å². The molecule has 0 saturated heterocycles. The summed E-state index contributed by atoms with van der Waals surface area (Å²) in [6.07, 6.45) is 3.95. The number of nitrogens with zero attached hydrogens (tertiary/aromatic N) is 2. The van der Waals surface area contributed by atoms with Crippen LogP contribution in [0.25, 0.3) is 23.4 Å². The third kappa shape index (κ3) is 3.69. The number of nitrogens with one attached hydrogen (secondary N) is 1. The quantitative estimate of drug-likeness (QED) is 0.388. The van der Waals surface area contributed by atoms with Gasteiger partial charge in [-0.1, -0.05) is 23.7 Å². The van der Waals surface area contributed by atoms with Gasteiger partial charge in [-0.25, -0.2) is 10.2 Å². The number of pyridine rings is 1. The smallest absolute Gasteiger partial charge is 0.244 e. The molecule has 3 atom stereocenters. The van der Waals surface area contributed by atoms with Crippen molar-refractivity contribution < 1.29 is 14.3 Å². The summed E-state index contributed by atoms with van der Waals surface area (Å²) in [4.78, 5) is 16.6. The number of hydrogen-bond donors (Lipinski definition) is 3. The number of aliphatic hydroxyl groups is 1. The number of hydrogen-bond acceptors (Lipinski definition) is 5. The van der Waals surface area contributed by atoms with E-state index in [1.165, 1.54) is 0 Å². The number of benzene rings is 1. The summed E-state index contributed by atoms with van der Waals surface area (Å²) in [5, 5.41) is 16.7. The van der Waals surface area contributed by atoms with Gasteiger partial charge in [-0.05, 0) is 60.9 Å². The van der Waals surface area contributed by atoms with Crippen molar-refractivity contribution in [3.63, 3.8) is 0 Å². The van der Waals surface area contributed by atoms with Gasteiger partial charge in [0, 0.05) is 18.0 Å². The zero-order valence-corrected chi connectivity index (χ0v) is 17.7. The highest BCUT2D eigenvalue weighted by molar-refractivity contribution is 6.32. The number of halogens is 2. The molecule has 1 aliphatic carbocycles. The van der Waals surface area contributed by atoms with Gasteiger partial charge in [-0.3, -0.25) is 14.8 Å². The molecule has 0 spiro atoms. The molecule has 0 bridgehead atoms. The van der Waals surface area contributed by atoms with Crippen LogP contribution in [-0.4, -0.2) is 33.3 Å². The standard InChI is InChI=1S/C22H24ClFN4O2/c1-11-16(10-27-20(19(11)23)22(2,3)30)13-5-4-12-7-18(26-9-14(12)6-13)28(25)21(29)15-8-17(15)24/h4-7,9-10,15,17-18,26,30H,8,25H2,1-3H3/t15-,17+,18?/m1/s1. The lowest BCUT2D eigenvalue weighted by atomic mass is 9.96. The summed E-state index contributed by atoms with van der Waals surface area (Å²) in [6.45, 7) is 5.19. The van der Waals surface area contributed by atoms with E-state index in [0.717, 1.165) is 32.1 Å². The number of fused-ring (bicyclic) bond motifs is 1. The second kappa shape index (κ2) is 7.34. The molecule has 1 aromatic carbocycles. The molecule has 30 heavy (non-hydrogen) atoms. The molecule has 1 saturated carbocycles. The Morgan fingerprint density at radius 1 is 1.40 bits per heavy atom. The molecule has 2 aromatic rings. The van der Waals surface area contributed by atoms with Crippen molar-refractivity contribution in [1.82, 2.24) is 15.3 Å². The zero-order valence-electron chi connectivity index (χ0n) is 17.0. The summed E-state index contributed by atoms with van der Waals surface area (Å²) in [5.74, 6) is 4.90. The molecule has 4 N–H and O–H groups in total. The average Bonchev–Trinajstić information content (AvgIpc) is 3.43. The fraction of sp³-hybridized carbons (Fsp3) is 0.364. The first kappa shape index (κ1) is 20.8. The second-order valence-electron chi connectivity index (χ2n) is 8.39. The van der Waals surface area contributed by atoms with Crippen molar-refractivity contribution >= 4 is 29.8 Å². The first-order valence-corrected chi connectivity index (χ1v) is 10.1. The Hall–Kier alpha value is -2.48. The predicted octanol–water partition coefficient (Wildman–Crippen LogP) is 1.45. The van der Waals surface area contributed by atoms with Crippen molar-refractivity contribution in [2.45, 2.75) is 45.1 Å². The minimum absolute atomic E-state index is 0.241. The van der Waals surface area contributed by atoms with E-state index in [1.54, 1.807) is 26.2 Å². The van der Waals surface area contributed by atoms with E-state index < -0.39 is 29.8 Å². The fourth-order valence-electron chi connectivity index (χ4n) is 3.62. The maximum absolute atomic E-state index is 13.2. The van der Waals surface area contributed by atoms with Crippen molar-refractivity contribution in [3.8, 4) is 11.1 Å². The van der Waals surface area contributed by atoms with Crippen LogP contribution in [0.1, 0.15) is 31.5 Å². The van der Waals surface area contributed by atoms with Crippen LogP contribution in [0.3, 0.4) is 0 Å². The number of hydrazine groups is 1. The van der Waals surface area contributed by atoms with Gasteiger partial charge in [0.2, 0.25) is 5.91 Å². The van der Waals surface area contributed by atoms with Crippen LogP contribution in [0, 0.1) is 12.8 Å². The van der Waals surface area contributed by atoms with E-state index in [-0.39, 0.29) is 6.42 Å². The Morgan fingerprint density at radius 3 is 2.73 bits per heavy atom. The minimum atomic E-state index is -1.13. The molecule has 1 amide bonds. The Morgan fingerprint density at radius 2 is 2.10 bits per heavy atom. The third-order valence-corrected chi connectivity index (χ3v) is 6.03. The SMILES string of the molecule is Cc1c(-c2ccc3c(c2)=CNC(N(N)C(=O)[C@@H]2C[C@@H]2F)C=3)cnc(C(C)(C)O)c1Cl. The number of nitrogens with two attached hydrogens (primary N) is 1. The lowest BCUT2D eigenvalue weighted by molar-refractivity contribution is -0.134. The molecule has 2 aliphatic rings. The minimum Gasteiger partial charge on any atom is -0.384 e. The Bertz CT molecular complexity index is 1150. The number of aromatic nitrogens is 1. The number of carbonyl (C=O) groups is 1. The van der Waals surface area contributed by atoms with Gasteiger partial charge in [0.15, 0.2) is 0 Å². The van der Waals surface area contributed by atoms with Gasteiger partial charge in [0.25, 0.3) is 0 Å². The average molecular weight is 431 g/mol. The van der Waals surface area contributed by atoms with E-state index in [1.807, 2.05) is 31.2 Å². The van der Waals surface area contributed by atoms with Gasteiger partial charge in [0.05, 0.1) is 16.6 Å². The zero-order chi connectivity index (χ0) is 21.8. The van der Waals surface area contributed by atoms with Crippen LogP contribution < -0.4 is 21.6 Å². The highest BCUT2D eigenvalue weighted by Crippen LogP contribution is 2.35. The number of amides is 1. The maximum Gasteiger partial charge on any atom is 0.244 e. The lowest BCUT2D eigenvalue weighted by Gasteiger charge is -2.27. The van der Waals surface area contributed by atoms with E-state index >= 15 is 0 Å². The number of carbonyl (C=O) groups excluding carboxylic acids is 1. The Labute approximate surface area is 178 Å². The van der Waals surface area contributed by atoms with E-state index in [0.29, 0.717) is 10.7 Å². The highest BCUT2D eigenvalue weighted by atomic mass is 35.5. The molecule has 8 heteroatoms. The normalized spacial score (nSPS) is 22.3. The van der Waals surface area contributed by atoms with E-state index in [9.17, 15) is 14.3 Å². The van der Waals surface area contributed by atoms with Crippen molar-refractivity contribution in [2.24, 2.45) is 11.8 Å². The highest BCUT2D eigenvalue weighted by Gasteiger charge is 2.46. The molecule has 6 nitrogen and oxygen atoms in total. The second-order valence-corrected chi connectivity index (χ2v) is 8.77. The number of alkyl halides is 1. The van der Waals surface area contributed by atoms with Crippen LogP contribution in [0.5, 0.6) is 0 Å². The molecule has 2 heterocycles. The summed E-state index contributed by atoms with van der Waals surface area (Å²) < 4.78 is 13.2. The summed E-state index contributed by atoms with van der Waals surface area (Å²) in [5.41, 5.74) is 1.92. The van der Waals surface area contributed by atoms with Crippen LogP contribution in [0.2, 0.25) is 5.02 Å². The van der Waals surface area contributed by atoms with Crippen LogP contribution in [0.4, 0.5) is 4.39 Å². The van der Waals surface area contributed by atoms with Crippen molar-refractivity contribution in [3.05, 3.63) is 51.1 Å². The Kier molecular flexibility index (Phi) is 5.08. The monoisotopic (exact) mass is 430 g/mol. The summed E-state index contributed by atoms with van der Waals surface area (Å²) in [6, 6.07) is 5.86. The third-order valence-electron chi connectivity index (χ3n) is 5.57. The van der Waals surface area contributed by atoms with Crippen LogP contribution in [-0.2, 0) is 10.4 Å². The predicted molar refractivity (Wildman–Crippen MR) is 114 cm³/mol. The van der Waals surface area contributed by atoms with Crippen LogP contribution >= 0.6 is 11.6 Å². The maximum atomic E-state index is 13.2. The molecule has 158 valence electrons. The molecular weight excluding hydrogens is 407 g/mol. The first-order chi connectivity index (χ1) is 14.1. The van der Waals surface area contributed by atoms with E-state index in [4.69, 9.17) is 17.4 Å². The van der Waals surface area contributed by atoms with Gasteiger partial charge in [-0.2, -0.15) is 0 Å². The van der Waals surface area contributed by atoms with Gasteiger partial charge in [0.1, 0.15) is 17.9 Å². The van der Waals surface area contributed by atoms with Crippen LogP contribution in [0.15, 0.2) is 24.4 Å². The topological polar surface area (TPSA) is 91.5 Å². The van der Waals surface area contributed by atoms with E-state index in [2.05, 4.69) is 10.3 Å². The molecule has 0 radical (unpaired) electrons. The Balaban J connectivity index is 1.65. The number of rotatable bonds is 4. The van der Waals surface area contributed by atoms with Crippen molar-refractivity contribution in [1.29, 1.82) is 0 Å². The first-order valence-electron chi connectivity index (χ1n) is 9.76. The van der Waals surface area contributed by atoms with Gasteiger partial charge >= 0.3 is 0 Å². The molecule has 4 rings (SSSR count). The molecule has 1 fully saturated rings. The molecule has 1 unspecified atom stereocenters. The summed E-state index contributed by atoms with van der Waals surface area (Å²) in [7, 11) is 0. The lowest BCUT2D eigenvalue weighted by Crippen LogP contribution is -2.54. The van der Waals surface area contributed by atoms with Gasteiger partial charge < -0.3 is 10.4 Å².